The second-order valence-corrected chi connectivity index (χ2v) is 4.00. The summed E-state index contributed by atoms with van der Waals surface area (Å²) in [4.78, 5) is 4.32. The van der Waals surface area contributed by atoms with E-state index in [1.807, 2.05) is 36.6 Å². The van der Waals surface area contributed by atoms with E-state index in [2.05, 4.69) is 10.4 Å². The number of hydrogen-bond donors (Lipinski definition) is 2. The highest BCUT2D eigenvalue weighted by molar-refractivity contribution is 7.14. The van der Waals surface area contributed by atoms with Crippen molar-refractivity contribution in [3.63, 3.8) is 0 Å². The lowest BCUT2D eigenvalue weighted by Gasteiger charge is -2.03. The number of aromatic nitrogens is 1. The lowest BCUT2D eigenvalue weighted by atomic mass is 10.2. The van der Waals surface area contributed by atoms with Crippen LogP contribution in [0.3, 0.4) is 0 Å². The summed E-state index contributed by atoms with van der Waals surface area (Å²) in [5, 5.41) is 2.68. The number of thiazole rings is 1. The Morgan fingerprint density at radius 3 is 2.69 bits per heavy atom. The van der Waals surface area contributed by atoms with Gasteiger partial charge in [-0.1, -0.05) is 0 Å². The summed E-state index contributed by atoms with van der Waals surface area (Å²) in [5.74, 6) is 6.16. The van der Waals surface area contributed by atoms with Crippen molar-refractivity contribution >= 4 is 16.5 Å². The zero-order valence-corrected chi connectivity index (χ0v) is 9.75. The number of anilines is 1. The fourth-order valence-corrected chi connectivity index (χ4v) is 1.99. The topological polar surface area (TPSA) is 60.2 Å². The van der Waals surface area contributed by atoms with Crippen molar-refractivity contribution in [2.24, 2.45) is 5.84 Å². The van der Waals surface area contributed by atoms with E-state index in [1.165, 1.54) is 11.3 Å². The number of hydrazine groups is 1. The molecular formula is C11H13N3OS. The van der Waals surface area contributed by atoms with Crippen molar-refractivity contribution in [2.45, 2.75) is 6.92 Å². The second-order valence-electron chi connectivity index (χ2n) is 3.14. The molecule has 0 amide bonds. The minimum absolute atomic E-state index is 0.678. The third-order valence-corrected chi connectivity index (χ3v) is 2.86. The van der Waals surface area contributed by atoms with Crippen molar-refractivity contribution in [1.82, 2.24) is 4.98 Å². The zero-order chi connectivity index (χ0) is 11.4. The molecule has 0 aliphatic heterocycles. The van der Waals surface area contributed by atoms with Crippen molar-refractivity contribution < 1.29 is 4.74 Å². The average Bonchev–Trinajstić information content (AvgIpc) is 2.79. The first-order valence-corrected chi connectivity index (χ1v) is 5.87. The monoisotopic (exact) mass is 235 g/mol. The normalized spacial score (nSPS) is 10.1. The number of benzene rings is 1. The Balaban J connectivity index is 2.20. The Bertz CT molecular complexity index is 453. The van der Waals surface area contributed by atoms with E-state index in [4.69, 9.17) is 10.6 Å². The first-order valence-electron chi connectivity index (χ1n) is 4.99. The Morgan fingerprint density at radius 1 is 1.38 bits per heavy atom. The Morgan fingerprint density at radius 2 is 2.12 bits per heavy atom. The molecule has 3 N–H and O–H groups in total. The number of nitrogen functional groups attached to an aromatic ring is 1. The van der Waals surface area contributed by atoms with E-state index in [0.29, 0.717) is 11.7 Å². The van der Waals surface area contributed by atoms with Gasteiger partial charge >= 0.3 is 0 Å². The molecule has 2 aromatic rings. The Labute approximate surface area is 98.1 Å². The predicted molar refractivity (Wildman–Crippen MR) is 66.5 cm³/mol. The van der Waals surface area contributed by atoms with Gasteiger partial charge in [0.25, 0.3) is 0 Å². The van der Waals surface area contributed by atoms with Gasteiger partial charge in [0.1, 0.15) is 5.75 Å². The molecule has 0 unspecified atom stereocenters. The maximum absolute atomic E-state index is 5.37. The van der Waals surface area contributed by atoms with Crippen LogP contribution in [0, 0.1) is 0 Å². The number of nitrogens with one attached hydrogen (secondary N) is 1. The molecule has 0 saturated carbocycles. The van der Waals surface area contributed by atoms with Crippen molar-refractivity contribution in [3.05, 3.63) is 29.6 Å². The van der Waals surface area contributed by atoms with Crippen molar-refractivity contribution in [2.75, 3.05) is 12.0 Å². The quantitative estimate of drug-likeness (QED) is 0.631. The summed E-state index contributed by atoms with van der Waals surface area (Å²) in [7, 11) is 0. The SMILES string of the molecule is CCOc1ccc(-c2csc(NN)n2)cc1. The number of ether oxygens (including phenoxy) is 1. The van der Waals surface area contributed by atoms with E-state index in [9.17, 15) is 0 Å². The first-order chi connectivity index (χ1) is 7.83. The average molecular weight is 235 g/mol. The summed E-state index contributed by atoms with van der Waals surface area (Å²) in [6.07, 6.45) is 0. The van der Waals surface area contributed by atoms with Gasteiger partial charge in [-0.2, -0.15) is 0 Å². The molecule has 0 aliphatic rings. The summed E-state index contributed by atoms with van der Waals surface area (Å²) in [6.45, 7) is 2.64. The molecule has 16 heavy (non-hydrogen) atoms. The van der Waals surface area contributed by atoms with Gasteiger partial charge in [-0.15, -0.1) is 11.3 Å². The van der Waals surface area contributed by atoms with Gasteiger partial charge in [0.05, 0.1) is 12.3 Å². The molecule has 4 nitrogen and oxygen atoms in total. The summed E-state index contributed by atoms with van der Waals surface area (Å²) < 4.78 is 5.37. The first kappa shape index (κ1) is 10.9. The summed E-state index contributed by atoms with van der Waals surface area (Å²) >= 11 is 1.48. The Kier molecular flexibility index (Phi) is 3.38. The molecule has 84 valence electrons. The van der Waals surface area contributed by atoms with E-state index in [0.717, 1.165) is 17.0 Å². The summed E-state index contributed by atoms with van der Waals surface area (Å²) in [5.41, 5.74) is 4.51. The van der Waals surface area contributed by atoms with E-state index >= 15 is 0 Å². The largest absolute Gasteiger partial charge is 0.494 e. The number of nitrogens with two attached hydrogens (primary N) is 1. The molecule has 0 spiro atoms. The molecule has 0 fully saturated rings. The molecular weight excluding hydrogens is 222 g/mol. The minimum atomic E-state index is 0.678. The van der Waals surface area contributed by atoms with Crippen molar-refractivity contribution in [3.8, 4) is 17.0 Å². The molecule has 1 heterocycles. The van der Waals surface area contributed by atoms with Crippen LogP contribution < -0.4 is 16.0 Å². The van der Waals surface area contributed by atoms with Gasteiger partial charge in [-0.05, 0) is 31.2 Å². The fraction of sp³-hybridized carbons (Fsp3) is 0.182. The lowest BCUT2D eigenvalue weighted by Crippen LogP contribution is -2.05. The van der Waals surface area contributed by atoms with E-state index < -0.39 is 0 Å². The molecule has 0 atom stereocenters. The Hall–Kier alpha value is -1.59. The highest BCUT2D eigenvalue weighted by atomic mass is 32.1. The van der Waals surface area contributed by atoms with Crippen LogP contribution in [0.4, 0.5) is 5.13 Å². The van der Waals surface area contributed by atoms with Gasteiger partial charge in [0.15, 0.2) is 5.13 Å². The molecule has 0 saturated heterocycles. The van der Waals surface area contributed by atoms with Gasteiger partial charge < -0.3 is 4.74 Å². The molecule has 1 aromatic heterocycles. The fourth-order valence-electron chi connectivity index (χ4n) is 1.36. The summed E-state index contributed by atoms with van der Waals surface area (Å²) in [6, 6.07) is 7.85. The predicted octanol–water partition coefficient (Wildman–Crippen LogP) is 2.49. The third kappa shape index (κ3) is 2.32. The number of hydrogen-bond acceptors (Lipinski definition) is 5. The van der Waals surface area contributed by atoms with Gasteiger partial charge in [-0.3, -0.25) is 5.43 Å². The number of nitrogens with zero attached hydrogens (tertiary/aromatic N) is 1. The molecule has 2 rings (SSSR count). The van der Waals surface area contributed by atoms with Crippen LogP contribution in [0.25, 0.3) is 11.3 Å². The molecule has 5 heteroatoms. The molecule has 0 aliphatic carbocycles. The van der Waals surface area contributed by atoms with E-state index in [-0.39, 0.29) is 0 Å². The van der Waals surface area contributed by atoms with Crippen LogP contribution in [0.1, 0.15) is 6.92 Å². The standard InChI is InChI=1S/C11H13N3OS/c1-2-15-9-5-3-8(4-6-9)10-7-16-11(13-10)14-12/h3-7H,2,12H2,1H3,(H,13,14). The van der Waals surface area contributed by atoms with Crippen LogP contribution in [0.2, 0.25) is 0 Å². The smallest absolute Gasteiger partial charge is 0.197 e. The maximum Gasteiger partial charge on any atom is 0.197 e. The van der Waals surface area contributed by atoms with Crippen LogP contribution in [0.5, 0.6) is 5.75 Å². The molecule has 0 radical (unpaired) electrons. The zero-order valence-electron chi connectivity index (χ0n) is 8.93. The lowest BCUT2D eigenvalue weighted by molar-refractivity contribution is 0.340. The minimum Gasteiger partial charge on any atom is -0.494 e. The van der Waals surface area contributed by atoms with Gasteiger partial charge in [0, 0.05) is 10.9 Å². The highest BCUT2D eigenvalue weighted by Crippen LogP contribution is 2.25. The van der Waals surface area contributed by atoms with E-state index in [1.54, 1.807) is 0 Å². The number of rotatable bonds is 4. The molecule has 0 bridgehead atoms. The van der Waals surface area contributed by atoms with Crippen molar-refractivity contribution in [1.29, 1.82) is 0 Å². The maximum atomic E-state index is 5.37. The van der Waals surface area contributed by atoms with Gasteiger partial charge in [0.2, 0.25) is 0 Å². The van der Waals surface area contributed by atoms with Crippen LogP contribution in [-0.2, 0) is 0 Å². The second kappa shape index (κ2) is 4.96. The van der Waals surface area contributed by atoms with Crippen LogP contribution in [-0.4, -0.2) is 11.6 Å². The van der Waals surface area contributed by atoms with Gasteiger partial charge in [-0.25, -0.2) is 10.8 Å². The van der Waals surface area contributed by atoms with Crippen LogP contribution in [0.15, 0.2) is 29.6 Å². The molecule has 1 aromatic carbocycles. The van der Waals surface area contributed by atoms with Crippen LogP contribution >= 0.6 is 11.3 Å². The highest BCUT2D eigenvalue weighted by Gasteiger charge is 2.03. The third-order valence-electron chi connectivity index (χ3n) is 2.09.